The molecule has 0 saturated heterocycles. The lowest BCUT2D eigenvalue weighted by Gasteiger charge is -2.21. The number of hydrogen-bond donors (Lipinski definition) is 0. The Morgan fingerprint density at radius 1 is 1.29 bits per heavy atom. The average Bonchev–Trinajstić information content (AvgIpc) is 2.01. The van der Waals surface area contributed by atoms with Crippen LogP contribution in [0.5, 0.6) is 5.75 Å². The van der Waals surface area contributed by atoms with E-state index in [9.17, 15) is 4.39 Å². The van der Waals surface area contributed by atoms with Crippen molar-refractivity contribution < 1.29 is 9.13 Å². The maximum absolute atomic E-state index is 13.3. The van der Waals surface area contributed by atoms with Crippen molar-refractivity contribution in [2.75, 3.05) is 0 Å². The van der Waals surface area contributed by atoms with Gasteiger partial charge in [0.2, 0.25) is 0 Å². The zero-order valence-corrected chi connectivity index (χ0v) is 9.23. The van der Waals surface area contributed by atoms with Crippen molar-refractivity contribution in [3.8, 4) is 5.75 Å². The summed E-state index contributed by atoms with van der Waals surface area (Å²) in [4.78, 5) is 0. The SMILES string of the molecule is CCc1ccc(OC(C)(C)C)cc1F. The predicted octanol–water partition coefficient (Wildman–Crippen LogP) is 3.57. The van der Waals surface area contributed by atoms with Crippen LogP contribution in [0.4, 0.5) is 4.39 Å². The van der Waals surface area contributed by atoms with Crippen LogP contribution in [0.1, 0.15) is 33.3 Å². The Bertz CT molecular complexity index is 313. The van der Waals surface area contributed by atoms with E-state index >= 15 is 0 Å². The van der Waals surface area contributed by atoms with Crippen LogP contribution < -0.4 is 4.74 Å². The summed E-state index contributed by atoms with van der Waals surface area (Å²) in [5.41, 5.74) is 0.450. The third kappa shape index (κ3) is 3.02. The molecule has 0 aliphatic carbocycles. The van der Waals surface area contributed by atoms with Crippen LogP contribution in [0.25, 0.3) is 0 Å². The van der Waals surface area contributed by atoms with Crippen molar-refractivity contribution in [2.24, 2.45) is 0 Å². The number of rotatable bonds is 2. The van der Waals surface area contributed by atoms with E-state index in [0.29, 0.717) is 12.2 Å². The lowest BCUT2D eigenvalue weighted by atomic mass is 10.1. The highest BCUT2D eigenvalue weighted by Crippen LogP contribution is 2.21. The predicted molar refractivity (Wildman–Crippen MR) is 56.2 cm³/mol. The van der Waals surface area contributed by atoms with Crippen LogP contribution in [0.2, 0.25) is 0 Å². The van der Waals surface area contributed by atoms with Crippen molar-refractivity contribution in [3.63, 3.8) is 0 Å². The normalized spacial score (nSPS) is 11.5. The van der Waals surface area contributed by atoms with Gasteiger partial charge >= 0.3 is 0 Å². The summed E-state index contributed by atoms with van der Waals surface area (Å²) in [6.45, 7) is 7.76. The molecule has 1 nitrogen and oxygen atoms in total. The monoisotopic (exact) mass is 196 g/mol. The molecule has 0 aliphatic rings. The molecule has 2 heteroatoms. The molecule has 0 atom stereocenters. The maximum Gasteiger partial charge on any atom is 0.130 e. The van der Waals surface area contributed by atoms with Gasteiger partial charge in [-0.1, -0.05) is 13.0 Å². The van der Waals surface area contributed by atoms with E-state index in [1.807, 2.05) is 33.8 Å². The van der Waals surface area contributed by atoms with Gasteiger partial charge in [-0.25, -0.2) is 4.39 Å². The Hall–Kier alpha value is -1.05. The van der Waals surface area contributed by atoms with E-state index in [-0.39, 0.29) is 11.4 Å². The topological polar surface area (TPSA) is 9.23 Å². The zero-order chi connectivity index (χ0) is 10.8. The Kier molecular flexibility index (Phi) is 3.14. The molecule has 0 aromatic heterocycles. The largest absolute Gasteiger partial charge is 0.488 e. The molecule has 0 amide bonds. The molecular formula is C12H17FO. The number of halogens is 1. The summed E-state index contributed by atoms with van der Waals surface area (Å²) in [5.74, 6) is 0.404. The van der Waals surface area contributed by atoms with Gasteiger partial charge in [-0.05, 0) is 38.8 Å². The van der Waals surface area contributed by atoms with Crippen LogP contribution in [0.15, 0.2) is 18.2 Å². The van der Waals surface area contributed by atoms with Gasteiger partial charge in [0.1, 0.15) is 17.2 Å². The van der Waals surface area contributed by atoms with Crippen LogP contribution in [-0.2, 0) is 6.42 Å². The molecule has 0 heterocycles. The summed E-state index contributed by atoms with van der Waals surface area (Å²) in [6.07, 6.45) is 0.710. The third-order valence-electron chi connectivity index (χ3n) is 1.83. The second-order valence-corrected chi connectivity index (χ2v) is 4.32. The molecule has 0 radical (unpaired) electrons. The maximum atomic E-state index is 13.3. The lowest BCUT2D eigenvalue weighted by Crippen LogP contribution is -2.23. The molecule has 14 heavy (non-hydrogen) atoms. The Morgan fingerprint density at radius 3 is 2.36 bits per heavy atom. The molecule has 0 spiro atoms. The van der Waals surface area contributed by atoms with Crippen LogP contribution in [-0.4, -0.2) is 5.60 Å². The van der Waals surface area contributed by atoms with Gasteiger partial charge in [-0.15, -0.1) is 0 Å². The second-order valence-electron chi connectivity index (χ2n) is 4.32. The van der Waals surface area contributed by atoms with Gasteiger partial charge in [0, 0.05) is 6.07 Å². The fourth-order valence-corrected chi connectivity index (χ4v) is 1.23. The van der Waals surface area contributed by atoms with Crippen LogP contribution in [0.3, 0.4) is 0 Å². The Morgan fingerprint density at radius 2 is 1.93 bits per heavy atom. The van der Waals surface area contributed by atoms with Gasteiger partial charge < -0.3 is 4.74 Å². The highest BCUT2D eigenvalue weighted by atomic mass is 19.1. The molecule has 0 fully saturated rings. The van der Waals surface area contributed by atoms with Crippen molar-refractivity contribution in [2.45, 2.75) is 39.7 Å². The summed E-state index contributed by atoms with van der Waals surface area (Å²) < 4.78 is 18.9. The van der Waals surface area contributed by atoms with E-state index in [1.165, 1.54) is 6.07 Å². The van der Waals surface area contributed by atoms with E-state index in [1.54, 1.807) is 6.07 Å². The van der Waals surface area contributed by atoms with Crippen molar-refractivity contribution >= 4 is 0 Å². The van der Waals surface area contributed by atoms with Crippen molar-refractivity contribution in [1.82, 2.24) is 0 Å². The molecule has 0 unspecified atom stereocenters. The first-order chi connectivity index (χ1) is 6.42. The minimum Gasteiger partial charge on any atom is -0.488 e. The highest BCUT2D eigenvalue weighted by Gasteiger charge is 2.12. The fourth-order valence-electron chi connectivity index (χ4n) is 1.23. The first kappa shape index (κ1) is 11.0. The standard InChI is InChI=1S/C12H17FO/c1-5-9-6-7-10(8-11(9)13)14-12(2,3)4/h6-8H,5H2,1-4H3. The smallest absolute Gasteiger partial charge is 0.130 e. The minimum atomic E-state index is -0.278. The third-order valence-corrected chi connectivity index (χ3v) is 1.83. The van der Waals surface area contributed by atoms with Crippen LogP contribution >= 0.6 is 0 Å². The number of benzene rings is 1. The summed E-state index contributed by atoms with van der Waals surface area (Å²) in [5, 5.41) is 0. The summed E-state index contributed by atoms with van der Waals surface area (Å²) in [6, 6.07) is 5.04. The van der Waals surface area contributed by atoms with Gasteiger partial charge in [0.25, 0.3) is 0 Å². The molecule has 0 saturated carbocycles. The van der Waals surface area contributed by atoms with Gasteiger partial charge in [-0.2, -0.15) is 0 Å². The Labute approximate surface area is 84.9 Å². The molecule has 1 aromatic carbocycles. The average molecular weight is 196 g/mol. The van der Waals surface area contributed by atoms with E-state index in [2.05, 4.69) is 0 Å². The van der Waals surface area contributed by atoms with Gasteiger partial charge in [0.15, 0.2) is 0 Å². The molecule has 1 aromatic rings. The molecule has 0 N–H and O–H groups in total. The van der Waals surface area contributed by atoms with E-state index in [0.717, 1.165) is 5.56 Å². The molecule has 1 rings (SSSR count). The number of aryl methyl sites for hydroxylation is 1. The van der Waals surface area contributed by atoms with Crippen LogP contribution in [0, 0.1) is 5.82 Å². The first-order valence-corrected chi connectivity index (χ1v) is 4.90. The van der Waals surface area contributed by atoms with Gasteiger partial charge in [-0.3, -0.25) is 0 Å². The zero-order valence-electron chi connectivity index (χ0n) is 9.23. The molecule has 78 valence electrons. The quantitative estimate of drug-likeness (QED) is 0.702. The minimum absolute atomic E-state index is 0.186. The number of ether oxygens (including phenoxy) is 1. The van der Waals surface area contributed by atoms with E-state index < -0.39 is 0 Å². The Balaban J connectivity index is 2.87. The molecule has 0 bridgehead atoms. The van der Waals surface area contributed by atoms with Crippen molar-refractivity contribution in [1.29, 1.82) is 0 Å². The molecule has 0 aliphatic heterocycles. The molecular weight excluding hydrogens is 179 g/mol. The van der Waals surface area contributed by atoms with Crippen molar-refractivity contribution in [3.05, 3.63) is 29.6 Å². The first-order valence-electron chi connectivity index (χ1n) is 4.90. The highest BCUT2D eigenvalue weighted by molar-refractivity contribution is 5.29. The summed E-state index contributed by atoms with van der Waals surface area (Å²) in [7, 11) is 0. The lowest BCUT2D eigenvalue weighted by molar-refractivity contribution is 0.130. The summed E-state index contributed by atoms with van der Waals surface area (Å²) >= 11 is 0. The second kappa shape index (κ2) is 3.99. The van der Waals surface area contributed by atoms with E-state index in [4.69, 9.17) is 4.74 Å². The fraction of sp³-hybridized carbons (Fsp3) is 0.500. The van der Waals surface area contributed by atoms with Gasteiger partial charge in [0.05, 0.1) is 0 Å². The number of hydrogen-bond acceptors (Lipinski definition) is 1.